The van der Waals surface area contributed by atoms with Crippen LogP contribution in [0.25, 0.3) is 0 Å². The summed E-state index contributed by atoms with van der Waals surface area (Å²) in [7, 11) is 0. The van der Waals surface area contributed by atoms with Gasteiger partial charge in [-0.25, -0.2) is 0 Å². The fourth-order valence-electron chi connectivity index (χ4n) is 2.76. The van der Waals surface area contributed by atoms with Gasteiger partial charge in [-0.3, -0.25) is 4.90 Å². The van der Waals surface area contributed by atoms with E-state index in [-0.39, 0.29) is 0 Å². The predicted molar refractivity (Wildman–Crippen MR) is 80.1 cm³/mol. The minimum atomic E-state index is 0.663. The number of hydrogen-bond donors (Lipinski definition) is 1. The first-order valence-corrected chi connectivity index (χ1v) is 8.17. The second kappa shape index (κ2) is 6.69. The van der Waals surface area contributed by atoms with Crippen LogP contribution in [0.5, 0.6) is 0 Å². The largest absolute Gasteiger partial charge is 0.311 e. The molecule has 0 saturated carbocycles. The maximum Gasteiger partial charge on any atom is 0.0246 e. The number of piperazine rings is 1. The molecule has 2 nitrogen and oxygen atoms in total. The summed E-state index contributed by atoms with van der Waals surface area (Å²) in [4.78, 5) is 2.68. The average molecular weight is 266 g/mol. The van der Waals surface area contributed by atoms with Crippen LogP contribution in [-0.2, 0) is 6.54 Å². The van der Waals surface area contributed by atoms with Gasteiger partial charge in [0.15, 0.2) is 0 Å². The Labute approximate surface area is 115 Å². The van der Waals surface area contributed by atoms with Crippen LogP contribution in [0.2, 0.25) is 0 Å². The van der Waals surface area contributed by atoms with Crippen molar-refractivity contribution in [3.05, 3.63) is 22.4 Å². The lowest BCUT2D eigenvalue weighted by atomic mass is 9.94. The highest BCUT2D eigenvalue weighted by molar-refractivity contribution is 7.07. The fraction of sp³-hybridized carbons (Fsp3) is 0.733. The molecule has 18 heavy (non-hydrogen) atoms. The number of nitrogens with zero attached hydrogens (tertiary/aromatic N) is 1. The summed E-state index contributed by atoms with van der Waals surface area (Å²) >= 11 is 1.81. The molecule has 102 valence electrons. The monoisotopic (exact) mass is 266 g/mol. The second-order valence-corrected chi connectivity index (χ2v) is 6.30. The summed E-state index contributed by atoms with van der Waals surface area (Å²) in [6.45, 7) is 10.4. The van der Waals surface area contributed by atoms with Crippen molar-refractivity contribution in [1.29, 1.82) is 0 Å². The summed E-state index contributed by atoms with van der Waals surface area (Å²) in [5.41, 5.74) is 1.48. The molecule has 1 fully saturated rings. The number of rotatable bonds is 5. The Kier molecular flexibility index (Phi) is 5.22. The molecule has 1 aromatic rings. The van der Waals surface area contributed by atoms with Crippen LogP contribution in [0.4, 0.5) is 0 Å². The zero-order chi connectivity index (χ0) is 13.0. The lowest BCUT2D eigenvalue weighted by molar-refractivity contribution is 0.0994. The average Bonchev–Trinajstić information content (AvgIpc) is 2.90. The van der Waals surface area contributed by atoms with Crippen molar-refractivity contribution in [2.45, 2.75) is 52.2 Å². The molecule has 3 heteroatoms. The Bertz CT molecular complexity index is 336. The fourth-order valence-corrected chi connectivity index (χ4v) is 3.42. The Morgan fingerprint density at radius 3 is 2.94 bits per heavy atom. The first kappa shape index (κ1) is 14.0. The molecule has 0 bridgehead atoms. The molecular formula is C15H26N2S. The van der Waals surface area contributed by atoms with E-state index >= 15 is 0 Å². The van der Waals surface area contributed by atoms with Gasteiger partial charge in [-0.15, -0.1) is 0 Å². The summed E-state index contributed by atoms with van der Waals surface area (Å²) in [5, 5.41) is 8.21. The van der Waals surface area contributed by atoms with Gasteiger partial charge in [0.25, 0.3) is 0 Å². The molecule has 0 aromatic carbocycles. The van der Waals surface area contributed by atoms with Crippen molar-refractivity contribution in [3.8, 4) is 0 Å². The number of thiophene rings is 1. The van der Waals surface area contributed by atoms with E-state index in [1.54, 1.807) is 11.3 Å². The van der Waals surface area contributed by atoms with Crippen molar-refractivity contribution in [2.75, 3.05) is 13.1 Å². The van der Waals surface area contributed by atoms with E-state index in [1.165, 1.54) is 24.9 Å². The molecule has 1 N–H and O–H groups in total. The van der Waals surface area contributed by atoms with Crippen molar-refractivity contribution in [2.24, 2.45) is 5.92 Å². The number of nitrogens with one attached hydrogen (secondary N) is 1. The van der Waals surface area contributed by atoms with Gasteiger partial charge in [-0.05, 0) is 34.7 Å². The van der Waals surface area contributed by atoms with E-state index in [2.05, 4.69) is 47.8 Å². The van der Waals surface area contributed by atoms with E-state index in [1.807, 2.05) is 0 Å². The SMILES string of the molecule is CCC(C)C1CN(Cc2ccsc2)C(CC)CN1. The van der Waals surface area contributed by atoms with Crippen molar-refractivity contribution in [1.82, 2.24) is 10.2 Å². The minimum absolute atomic E-state index is 0.663. The van der Waals surface area contributed by atoms with Crippen LogP contribution < -0.4 is 5.32 Å². The molecule has 3 unspecified atom stereocenters. The van der Waals surface area contributed by atoms with Crippen LogP contribution in [0.15, 0.2) is 16.8 Å². The van der Waals surface area contributed by atoms with Crippen LogP contribution in [0.1, 0.15) is 39.2 Å². The number of hydrogen-bond acceptors (Lipinski definition) is 3. The lowest BCUT2D eigenvalue weighted by Crippen LogP contribution is -2.57. The first-order valence-electron chi connectivity index (χ1n) is 7.23. The molecule has 3 atom stereocenters. The van der Waals surface area contributed by atoms with E-state index < -0.39 is 0 Å². The lowest BCUT2D eigenvalue weighted by Gasteiger charge is -2.42. The maximum atomic E-state index is 3.74. The Balaban J connectivity index is 1.99. The van der Waals surface area contributed by atoms with Gasteiger partial charge in [0, 0.05) is 31.7 Å². The molecule has 0 amide bonds. The first-order chi connectivity index (χ1) is 8.74. The van der Waals surface area contributed by atoms with Gasteiger partial charge < -0.3 is 5.32 Å². The zero-order valence-electron chi connectivity index (χ0n) is 11.9. The Morgan fingerprint density at radius 2 is 2.33 bits per heavy atom. The van der Waals surface area contributed by atoms with Crippen LogP contribution in [0, 0.1) is 5.92 Å². The second-order valence-electron chi connectivity index (χ2n) is 5.52. The van der Waals surface area contributed by atoms with Crippen LogP contribution in [-0.4, -0.2) is 30.1 Å². The highest BCUT2D eigenvalue weighted by Gasteiger charge is 2.28. The molecule has 2 rings (SSSR count). The third kappa shape index (κ3) is 3.34. The van der Waals surface area contributed by atoms with Gasteiger partial charge >= 0.3 is 0 Å². The smallest absolute Gasteiger partial charge is 0.0246 e. The van der Waals surface area contributed by atoms with Gasteiger partial charge in [0.2, 0.25) is 0 Å². The molecule has 0 aliphatic carbocycles. The van der Waals surface area contributed by atoms with E-state index in [9.17, 15) is 0 Å². The van der Waals surface area contributed by atoms with Crippen molar-refractivity contribution in [3.63, 3.8) is 0 Å². The van der Waals surface area contributed by atoms with Crippen LogP contribution in [0.3, 0.4) is 0 Å². The summed E-state index contributed by atoms with van der Waals surface area (Å²) in [6.07, 6.45) is 2.51. The third-order valence-corrected chi connectivity index (χ3v) is 5.06. The third-order valence-electron chi connectivity index (χ3n) is 4.33. The molecule has 0 spiro atoms. The molecule has 1 aliphatic heterocycles. The van der Waals surface area contributed by atoms with E-state index in [0.717, 1.165) is 19.0 Å². The molecule has 0 radical (unpaired) electrons. The normalized spacial score (nSPS) is 27.3. The highest BCUT2D eigenvalue weighted by atomic mass is 32.1. The van der Waals surface area contributed by atoms with Crippen molar-refractivity contribution >= 4 is 11.3 Å². The predicted octanol–water partition coefficient (Wildman–Crippen LogP) is 3.35. The van der Waals surface area contributed by atoms with E-state index in [0.29, 0.717) is 12.1 Å². The summed E-state index contributed by atoms with van der Waals surface area (Å²) < 4.78 is 0. The summed E-state index contributed by atoms with van der Waals surface area (Å²) in [5.74, 6) is 0.771. The molecule has 1 aliphatic rings. The molecule has 2 heterocycles. The van der Waals surface area contributed by atoms with Crippen molar-refractivity contribution < 1.29 is 0 Å². The highest BCUT2D eigenvalue weighted by Crippen LogP contribution is 2.20. The summed E-state index contributed by atoms with van der Waals surface area (Å²) in [6, 6.07) is 3.62. The molecule has 1 saturated heterocycles. The van der Waals surface area contributed by atoms with Gasteiger partial charge in [-0.1, -0.05) is 27.2 Å². The van der Waals surface area contributed by atoms with E-state index in [4.69, 9.17) is 0 Å². The zero-order valence-corrected chi connectivity index (χ0v) is 12.7. The quantitative estimate of drug-likeness (QED) is 0.879. The standard InChI is InChI=1S/C15H26N2S/c1-4-12(3)15-10-17(14(5-2)8-16-15)9-13-6-7-18-11-13/h6-7,11-12,14-16H,4-5,8-10H2,1-3H3. The maximum absolute atomic E-state index is 3.74. The van der Waals surface area contributed by atoms with Gasteiger partial charge in [-0.2, -0.15) is 11.3 Å². The molecule has 1 aromatic heterocycles. The molecular weight excluding hydrogens is 240 g/mol. The Hall–Kier alpha value is -0.380. The van der Waals surface area contributed by atoms with Crippen LogP contribution >= 0.6 is 11.3 Å². The Morgan fingerprint density at radius 1 is 1.50 bits per heavy atom. The van der Waals surface area contributed by atoms with Gasteiger partial charge in [0.05, 0.1) is 0 Å². The van der Waals surface area contributed by atoms with Gasteiger partial charge in [0.1, 0.15) is 0 Å². The topological polar surface area (TPSA) is 15.3 Å². The minimum Gasteiger partial charge on any atom is -0.311 e.